The zero-order chi connectivity index (χ0) is 10.8. The van der Waals surface area contributed by atoms with Gasteiger partial charge >= 0.3 is 0 Å². The molecule has 1 heteroatoms. The summed E-state index contributed by atoms with van der Waals surface area (Å²) < 4.78 is 0. The van der Waals surface area contributed by atoms with Gasteiger partial charge < -0.3 is 0 Å². The standard InChI is InChI=1S/C14H25N/c1-2-3-11-14-12-9-7-5-4-6-8-10-13-15-14/h10,14H,2-9,11-12H2,1H3. The van der Waals surface area contributed by atoms with Gasteiger partial charge in [-0.15, -0.1) is 0 Å². The highest BCUT2D eigenvalue weighted by atomic mass is 14.7. The first-order valence-electron chi connectivity index (χ1n) is 6.70. The topological polar surface area (TPSA) is 12.4 Å². The fourth-order valence-corrected chi connectivity index (χ4v) is 2.09. The van der Waals surface area contributed by atoms with Crippen molar-refractivity contribution in [1.29, 1.82) is 0 Å². The highest BCUT2D eigenvalue weighted by Gasteiger charge is 2.05. The average molecular weight is 207 g/mol. The fourth-order valence-electron chi connectivity index (χ4n) is 2.09. The SMILES string of the molecule is CCCCC1CCCCCCCC=C=N1. The summed E-state index contributed by atoms with van der Waals surface area (Å²) in [6.07, 6.45) is 15.3. The predicted molar refractivity (Wildman–Crippen MR) is 67.6 cm³/mol. The number of hydrogen-bond acceptors (Lipinski definition) is 1. The first-order chi connectivity index (χ1) is 7.43. The van der Waals surface area contributed by atoms with Gasteiger partial charge in [-0.1, -0.05) is 45.4 Å². The van der Waals surface area contributed by atoms with Crippen LogP contribution in [-0.2, 0) is 0 Å². The summed E-state index contributed by atoms with van der Waals surface area (Å²) in [5, 5.41) is 0. The van der Waals surface area contributed by atoms with Crippen molar-refractivity contribution in [3.05, 3.63) is 6.08 Å². The minimum absolute atomic E-state index is 0.555. The second-order valence-electron chi connectivity index (χ2n) is 4.60. The molecule has 1 aliphatic heterocycles. The molecule has 1 heterocycles. The lowest BCUT2D eigenvalue weighted by atomic mass is 10.0. The number of rotatable bonds is 3. The van der Waals surface area contributed by atoms with Gasteiger partial charge in [0.2, 0.25) is 0 Å². The van der Waals surface area contributed by atoms with E-state index in [1.807, 2.05) is 0 Å². The van der Waals surface area contributed by atoms with Crippen molar-refractivity contribution in [2.45, 2.75) is 77.2 Å². The summed E-state index contributed by atoms with van der Waals surface area (Å²) >= 11 is 0. The molecule has 0 fully saturated rings. The summed E-state index contributed by atoms with van der Waals surface area (Å²) in [6.45, 7) is 2.25. The van der Waals surface area contributed by atoms with E-state index < -0.39 is 0 Å². The second-order valence-corrected chi connectivity index (χ2v) is 4.60. The maximum Gasteiger partial charge on any atom is 0.0593 e. The van der Waals surface area contributed by atoms with Crippen molar-refractivity contribution < 1.29 is 0 Å². The van der Waals surface area contributed by atoms with Crippen molar-refractivity contribution in [2.24, 2.45) is 4.99 Å². The van der Waals surface area contributed by atoms with Gasteiger partial charge in [0.05, 0.1) is 6.04 Å². The Labute approximate surface area is 94.7 Å². The largest absolute Gasteiger partial charge is 0.240 e. The van der Waals surface area contributed by atoms with Crippen LogP contribution in [0.4, 0.5) is 0 Å². The Morgan fingerprint density at radius 2 is 2.00 bits per heavy atom. The Balaban J connectivity index is 2.38. The van der Waals surface area contributed by atoms with Crippen LogP contribution >= 0.6 is 0 Å². The van der Waals surface area contributed by atoms with Crippen LogP contribution in [0, 0.1) is 0 Å². The van der Waals surface area contributed by atoms with E-state index in [2.05, 4.69) is 23.9 Å². The van der Waals surface area contributed by atoms with E-state index in [4.69, 9.17) is 0 Å². The van der Waals surface area contributed by atoms with Crippen LogP contribution in [0.25, 0.3) is 0 Å². The van der Waals surface area contributed by atoms with Crippen LogP contribution in [0.15, 0.2) is 11.1 Å². The molecule has 1 unspecified atom stereocenters. The molecule has 1 nitrogen and oxygen atoms in total. The Bertz CT molecular complexity index is 201. The third kappa shape index (κ3) is 6.52. The number of allylic oxidation sites excluding steroid dienone is 1. The molecule has 0 spiro atoms. The molecule has 15 heavy (non-hydrogen) atoms. The minimum atomic E-state index is 0.555. The van der Waals surface area contributed by atoms with Crippen molar-refractivity contribution >= 4 is 5.87 Å². The van der Waals surface area contributed by atoms with Crippen LogP contribution in [0.1, 0.15) is 71.1 Å². The molecular weight excluding hydrogens is 182 g/mol. The van der Waals surface area contributed by atoms with E-state index in [1.165, 1.54) is 64.2 Å². The Morgan fingerprint density at radius 3 is 2.87 bits per heavy atom. The van der Waals surface area contributed by atoms with E-state index in [9.17, 15) is 0 Å². The van der Waals surface area contributed by atoms with E-state index in [-0.39, 0.29) is 0 Å². The van der Waals surface area contributed by atoms with Gasteiger partial charge in [-0.2, -0.15) is 0 Å². The van der Waals surface area contributed by atoms with Gasteiger partial charge in [-0.3, -0.25) is 0 Å². The molecule has 0 saturated heterocycles. The van der Waals surface area contributed by atoms with Gasteiger partial charge in [0.25, 0.3) is 0 Å². The fraction of sp³-hybridized carbons (Fsp3) is 0.857. The van der Waals surface area contributed by atoms with Crippen LogP contribution in [0.2, 0.25) is 0 Å². The first kappa shape index (κ1) is 12.5. The average Bonchev–Trinajstić information content (AvgIpc) is 2.31. The zero-order valence-electron chi connectivity index (χ0n) is 10.2. The molecule has 0 aromatic rings. The molecule has 1 atom stereocenters. The number of hydrogen-bond donors (Lipinski definition) is 0. The third-order valence-electron chi connectivity index (χ3n) is 3.13. The molecular formula is C14H25N. The Kier molecular flexibility index (Phi) is 7.29. The molecule has 1 rings (SSSR count). The minimum Gasteiger partial charge on any atom is -0.240 e. The summed E-state index contributed by atoms with van der Waals surface area (Å²) in [5.41, 5.74) is 0. The maximum atomic E-state index is 4.56. The quantitative estimate of drug-likeness (QED) is 0.645. The molecule has 0 radical (unpaired) electrons. The number of unbranched alkanes of at least 4 members (excludes halogenated alkanes) is 1. The molecule has 0 aromatic carbocycles. The van der Waals surface area contributed by atoms with Crippen molar-refractivity contribution in [3.63, 3.8) is 0 Å². The zero-order valence-corrected chi connectivity index (χ0v) is 10.2. The number of aliphatic imine (C=N–C) groups is 1. The Morgan fingerprint density at radius 1 is 1.20 bits per heavy atom. The van der Waals surface area contributed by atoms with Crippen LogP contribution < -0.4 is 0 Å². The molecule has 86 valence electrons. The van der Waals surface area contributed by atoms with Crippen molar-refractivity contribution in [1.82, 2.24) is 0 Å². The molecule has 0 aromatic heterocycles. The second kappa shape index (κ2) is 8.73. The molecule has 0 saturated carbocycles. The lowest BCUT2D eigenvalue weighted by molar-refractivity contribution is 0.504. The van der Waals surface area contributed by atoms with Gasteiger partial charge in [-0.25, -0.2) is 4.99 Å². The molecule has 0 bridgehead atoms. The Hall–Kier alpha value is -0.550. The summed E-state index contributed by atoms with van der Waals surface area (Å²) in [4.78, 5) is 4.56. The van der Waals surface area contributed by atoms with E-state index in [0.717, 1.165) is 0 Å². The monoisotopic (exact) mass is 207 g/mol. The van der Waals surface area contributed by atoms with Gasteiger partial charge in [0.15, 0.2) is 0 Å². The van der Waals surface area contributed by atoms with E-state index in [0.29, 0.717) is 6.04 Å². The van der Waals surface area contributed by atoms with Gasteiger partial charge in [-0.05, 0) is 37.6 Å². The van der Waals surface area contributed by atoms with Crippen molar-refractivity contribution in [3.8, 4) is 0 Å². The summed E-state index contributed by atoms with van der Waals surface area (Å²) in [7, 11) is 0. The number of nitrogens with zero attached hydrogens (tertiary/aromatic N) is 1. The summed E-state index contributed by atoms with van der Waals surface area (Å²) in [5.74, 6) is 3.14. The van der Waals surface area contributed by atoms with Crippen LogP contribution in [0.5, 0.6) is 0 Å². The third-order valence-corrected chi connectivity index (χ3v) is 3.13. The lowest BCUT2D eigenvalue weighted by Gasteiger charge is -2.09. The molecule has 1 aliphatic rings. The molecule has 0 N–H and O–H groups in total. The van der Waals surface area contributed by atoms with E-state index in [1.54, 1.807) is 0 Å². The summed E-state index contributed by atoms with van der Waals surface area (Å²) in [6, 6.07) is 0.555. The molecule has 0 aliphatic carbocycles. The van der Waals surface area contributed by atoms with Crippen LogP contribution in [-0.4, -0.2) is 11.9 Å². The normalized spacial score (nSPS) is 23.7. The maximum absolute atomic E-state index is 4.56. The van der Waals surface area contributed by atoms with Crippen LogP contribution in [0.3, 0.4) is 0 Å². The smallest absolute Gasteiger partial charge is 0.0593 e. The lowest BCUT2D eigenvalue weighted by Crippen LogP contribution is -2.03. The van der Waals surface area contributed by atoms with Gasteiger partial charge in [0.1, 0.15) is 0 Å². The highest BCUT2D eigenvalue weighted by Crippen LogP contribution is 2.15. The van der Waals surface area contributed by atoms with E-state index >= 15 is 0 Å². The van der Waals surface area contributed by atoms with Crippen molar-refractivity contribution in [2.75, 3.05) is 0 Å². The first-order valence-corrected chi connectivity index (χ1v) is 6.70. The molecule has 0 amide bonds. The highest BCUT2D eigenvalue weighted by molar-refractivity contribution is 5.51. The van der Waals surface area contributed by atoms with Gasteiger partial charge in [0, 0.05) is 0 Å². The predicted octanol–water partition coefficient (Wildman–Crippen LogP) is 4.52.